The average Bonchev–Trinajstić information content (AvgIpc) is 2.83. The highest BCUT2D eigenvalue weighted by molar-refractivity contribution is 7.98. The number of rotatable bonds is 4. The lowest BCUT2D eigenvalue weighted by atomic mass is 10.2. The van der Waals surface area contributed by atoms with Crippen molar-refractivity contribution >= 4 is 29.4 Å². The lowest BCUT2D eigenvalue weighted by molar-refractivity contribution is -0.387. The molecule has 1 fully saturated rings. The molecule has 106 valence electrons. The zero-order valence-electron chi connectivity index (χ0n) is 10.5. The molecule has 0 amide bonds. The largest absolute Gasteiger partial charge is 0.463 e. The molecular weight excluding hydrogens is 286 g/mol. The Bertz CT molecular complexity index is 573. The summed E-state index contributed by atoms with van der Waals surface area (Å²) < 4.78 is 9.65. The van der Waals surface area contributed by atoms with Gasteiger partial charge in [-0.1, -0.05) is 0 Å². The van der Waals surface area contributed by atoms with Crippen molar-refractivity contribution in [3.05, 3.63) is 33.9 Å². The number of nitro benzene ring substituents is 1. The van der Waals surface area contributed by atoms with E-state index in [1.165, 1.54) is 23.9 Å². The standard InChI is InChI=1S/C12H11NO6S/c1-20-10-3-2-7(6-8(10)13(16)17)11(14)19-9-4-5-18-12(9)15/h2-3,6,9H,4-5H2,1H3/t9-/m1/s1. The number of cyclic esters (lactones) is 1. The van der Waals surface area contributed by atoms with Crippen molar-refractivity contribution in [1.82, 2.24) is 0 Å². The highest BCUT2D eigenvalue weighted by atomic mass is 32.2. The molecule has 0 aromatic heterocycles. The van der Waals surface area contributed by atoms with Gasteiger partial charge in [0.25, 0.3) is 5.69 Å². The zero-order valence-corrected chi connectivity index (χ0v) is 11.3. The van der Waals surface area contributed by atoms with Crippen LogP contribution in [0.2, 0.25) is 0 Å². The molecule has 0 aliphatic carbocycles. The molecule has 0 spiro atoms. The van der Waals surface area contributed by atoms with Crippen LogP contribution in [0.4, 0.5) is 5.69 Å². The third-order valence-corrected chi connectivity index (χ3v) is 3.53. The van der Waals surface area contributed by atoms with Gasteiger partial charge in [-0.3, -0.25) is 10.1 Å². The summed E-state index contributed by atoms with van der Waals surface area (Å²) in [7, 11) is 0. The van der Waals surface area contributed by atoms with Crippen LogP contribution < -0.4 is 0 Å². The van der Waals surface area contributed by atoms with E-state index in [1.54, 1.807) is 6.26 Å². The number of nitro groups is 1. The van der Waals surface area contributed by atoms with Crippen molar-refractivity contribution in [1.29, 1.82) is 0 Å². The summed E-state index contributed by atoms with van der Waals surface area (Å²) in [5, 5.41) is 10.9. The number of nitrogens with zero attached hydrogens (tertiary/aromatic N) is 1. The minimum Gasteiger partial charge on any atom is -0.463 e. The van der Waals surface area contributed by atoms with Crippen LogP contribution in [0.5, 0.6) is 0 Å². The maximum atomic E-state index is 11.9. The number of ether oxygens (including phenoxy) is 2. The molecule has 2 rings (SSSR count). The molecular formula is C12H11NO6S. The number of hydrogen-bond donors (Lipinski definition) is 0. The predicted octanol–water partition coefficient (Wildman–Crippen LogP) is 1.79. The van der Waals surface area contributed by atoms with Crippen molar-refractivity contribution in [3.8, 4) is 0 Å². The molecule has 1 aromatic carbocycles. The van der Waals surface area contributed by atoms with Gasteiger partial charge in [0.05, 0.1) is 22.0 Å². The molecule has 0 N–H and O–H groups in total. The van der Waals surface area contributed by atoms with Crippen LogP contribution in [-0.4, -0.2) is 35.8 Å². The number of hydrogen-bond acceptors (Lipinski definition) is 7. The first kappa shape index (κ1) is 14.3. The van der Waals surface area contributed by atoms with Gasteiger partial charge in [-0.15, -0.1) is 11.8 Å². The van der Waals surface area contributed by atoms with Crippen LogP contribution in [0, 0.1) is 10.1 Å². The van der Waals surface area contributed by atoms with E-state index in [9.17, 15) is 19.7 Å². The van der Waals surface area contributed by atoms with Crippen molar-refractivity contribution in [2.24, 2.45) is 0 Å². The molecule has 1 atom stereocenters. The third kappa shape index (κ3) is 2.90. The van der Waals surface area contributed by atoms with Crippen LogP contribution in [0.15, 0.2) is 23.1 Å². The SMILES string of the molecule is CSc1ccc(C(=O)O[C@@H]2CCOC2=O)cc1[N+](=O)[O-]. The van der Waals surface area contributed by atoms with E-state index in [1.807, 2.05) is 0 Å². The highest BCUT2D eigenvalue weighted by Crippen LogP contribution is 2.28. The Hall–Kier alpha value is -2.09. The zero-order chi connectivity index (χ0) is 14.7. The Balaban J connectivity index is 2.19. The highest BCUT2D eigenvalue weighted by Gasteiger charge is 2.31. The molecule has 20 heavy (non-hydrogen) atoms. The van der Waals surface area contributed by atoms with Gasteiger partial charge >= 0.3 is 11.9 Å². The van der Waals surface area contributed by atoms with E-state index >= 15 is 0 Å². The third-order valence-electron chi connectivity index (χ3n) is 2.75. The van der Waals surface area contributed by atoms with Crippen LogP contribution in [0.25, 0.3) is 0 Å². The van der Waals surface area contributed by atoms with Gasteiger partial charge in [0.15, 0.2) is 0 Å². The maximum absolute atomic E-state index is 11.9. The molecule has 1 saturated heterocycles. The van der Waals surface area contributed by atoms with Crippen molar-refractivity contribution in [2.45, 2.75) is 17.4 Å². The van der Waals surface area contributed by atoms with Gasteiger partial charge in [0, 0.05) is 12.5 Å². The summed E-state index contributed by atoms with van der Waals surface area (Å²) in [5.41, 5.74) is -0.129. The first-order chi connectivity index (χ1) is 9.52. The Kier molecular flexibility index (Phi) is 4.23. The fourth-order valence-corrected chi connectivity index (χ4v) is 2.29. The Morgan fingerprint density at radius 3 is 2.85 bits per heavy atom. The molecule has 1 aromatic rings. The number of benzene rings is 1. The predicted molar refractivity (Wildman–Crippen MR) is 69.7 cm³/mol. The second-order valence-electron chi connectivity index (χ2n) is 3.99. The van der Waals surface area contributed by atoms with E-state index in [0.717, 1.165) is 6.07 Å². The molecule has 8 heteroatoms. The molecule has 7 nitrogen and oxygen atoms in total. The second kappa shape index (κ2) is 5.91. The van der Waals surface area contributed by atoms with Crippen LogP contribution in [-0.2, 0) is 14.3 Å². The summed E-state index contributed by atoms with van der Waals surface area (Å²) in [4.78, 5) is 33.9. The van der Waals surface area contributed by atoms with Crippen LogP contribution in [0.1, 0.15) is 16.8 Å². The molecule has 0 unspecified atom stereocenters. The van der Waals surface area contributed by atoms with Gasteiger partial charge in [0.1, 0.15) is 0 Å². The van der Waals surface area contributed by atoms with E-state index in [0.29, 0.717) is 11.3 Å². The molecule has 0 saturated carbocycles. The van der Waals surface area contributed by atoms with Gasteiger partial charge < -0.3 is 9.47 Å². The Morgan fingerprint density at radius 1 is 1.55 bits per heavy atom. The lowest BCUT2D eigenvalue weighted by Gasteiger charge is -2.08. The maximum Gasteiger partial charge on any atom is 0.347 e. The topological polar surface area (TPSA) is 95.7 Å². The van der Waals surface area contributed by atoms with Gasteiger partial charge in [0.2, 0.25) is 6.10 Å². The Labute approximate surface area is 118 Å². The van der Waals surface area contributed by atoms with Crippen LogP contribution in [0.3, 0.4) is 0 Å². The van der Waals surface area contributed by atoms with Crippen LogP contribution >= 0.6 is 11.8 Å². The quantitative estimate of drug-likeness (QED) is 0.362. The van der Waals surface area contributed by atoms with Gasteiger partial charge in [-0.25, -0.2) is 9.59 Å². The molecule has 1 aliphatic rings. The summed E-state index contributed by atoms with van der Waals surface area (Å²) in [5.74, 6) is -1.36. The van der Waals surface area contributed by atoms with Crippen molar-refractivity contribution in [3.63, 3.8) is 0 Å². The minimum absolute atomic E-state index is 0.0363. The smallest absolute Gasteiger partial charge is 0.347 e. The minimum atomic E-state index is -0.929. The molecule has 0 bridgehead atoms. The summed E-state index contributed by atoms with van der Waals surface area (Å²) >= 11 is 1.21. The van der Waals surface area contributed by atoms with Crippen molar-refractivity contribution in [2.75, 3.05) is 12.9 Å². The summed E-state index contributed by atoms with van der Waals surface area (Å²) in [6.07, 6.45) is 1.08. The van der Waals surface area contributed by atoms with Gasteiger partial charge in [-0.05, 0) is 18.4 Å². The molecule has 1 aliphatic heterocycles. The van der Waals surface area contributed by atoms with Gasteiger partial charge in [-0.2, -0.15) is 0 Å². The number of carbonyl (C=O) groups excluding carboxylic acids is 2. The number of thioether (sulfide) groups is 1. The van der Waals surface area contributed by atoms with E-state index in [4.69, 9.17) is 4.74 Å². The monoisotopic (exact) mass is 297 g/mol. The Morgan fingerprint density at radius 2 is 2.30 bits per heavy atom. The number of carbonyl (C=O) groups is 2. The first-order valence-electron chi connectivity index (χ1n) is 5.73. The average molecular weight is 297 g/mol. The summed E-state index contributed by atoms with van der Waals surface area (Å²) in [6, 6.07) is 4.06. The van der Waals surface area contributed by atoms with E-state index in [-0.39, 0.29) is 17.9 Å². The normalized spacial score (nSPS) is 17.6. The van der Waals surface area contributed by atoms with E-state index < -0.39 is 23.0 Å². The number of esters is 2. The summed E-state index contributed by atoms with van der Waals surface area (Å²) in [6.45, 7) is 0.211. The van der Waals surface area contributed by atoms with Crippen molar-refractivity contribution < 1.29 is 24.0 Å². The molecule has 1 heterocycles. The fraction of sp³-hybridized carbons (Fsp3) is 0.333. The fourth-order valence-electron chi connectivity index (χ4n) is 1.74. The van der Waals surface area contributed by atoms with E-state index in [2.05, 4.69) is 4.74 Å². The first-order valence-corrected chi connectivity index (χ1v) is 6.95. The molecule has 0 radical (unpaired) electrons. The second-order valence-corrected chi connectivity index (χ2v) is 4.84. The lowest BCUT2D eigenvalue weighted by Crippen LogP contribution is -2.22.